The van der Waals surface area contributed by atoms with E-state index in [0.29, 0.717) is 31.4 Å². The predicted octanol–water partition coefficient (Wildman–Crippen LogP) is 0.133. The highest BCUT2D eigenvalue weighted by Gasteiger charge is 2.28. The number of aromatic nitrogens is 4. The standard InChI is InChI=1S/C11H21N5O3S2/c1-15-11(12-13-14-15)20-10-4-6-16(7-5-10)21(17,18)9-3-8-19-2/h10H,3-9H2,1-2H3. The Bertz CT molecular complexity index is 540. The summed E-state index contributed by atoms with van der Waals surface area (Å²) in [6.07, 6.45) is 2.18. The fourth-order valence-corrected chi connectivity index (χ4v) is 4.74. The average Bonchev–Trinajstić information content (AvgIpc) is 2.85. The van der Waals surface area contributed by atoms with Crippen molar-refractivity contribution in [2.24, 2.45) is 7.05 Å². The molecular weight excluding hydrogens is 314 g/mol. The van der Waals surface area contributed by atoms with Crippen LogP contribution in [0, 0.1) is 0 Å². The van der Waals surface area contributed by atoms with Crippen molar-refractivity contribution in [1.29, 1.82) is 0 Å². The Morgan fingerprint density at radius 3 is 2.67 bits per heavy atom. The molecule has 8 nitrogen and oxygen atoms in total. The van der Waals surface area contributed by atoms with Gasteiger partial charge in [-0.2, -0.15) is 0 Å². The lowest BCUT2D eigenvalue weighted by molar-refractivity contribution is 0.199. The van der Waals surface area contributed by atoms with Gasteiger partial charge in [-0.05, 0) is 29.7 Å². The summed E-state index contributed by atoms with van der Waals surface area (Å²) in [4.78, 5) is 0. The summed E-state index contributed by atoms with van der Waals surface area (Å²) in [6.45, 7) is 1.61. The molecule has 1 aromatic rings. The van der Waals surface area contributed by atoms with Crippen LogP contribution in [-0.2, 0) is 21.8 Å². The summed E-state index contributed by atoms with van der Waals surface area (Å²) in [6, 6.07) is 0. The second kappa shape index (κ2) is 7.52. The maximum absolute atomic E-state index is 12.2. The van der Waals surface area contributed by atoms with Crippen LogP contribution in [0.3, 0.4) is 0 Å². The molecule has 10 heteroatoms. The number of piperidine rings is 1. The van der Waals surface area contributed by atoms with Gasteiger partial charge in [0.2, 0.25) is 15.2 Å². The number of tetrazole rings is 1. The number of hydrogen-bond acceptors (Lipinski definition) is 7. The maximum atomic E-state index is 12.2. The Balaban J connectivity index is 1.81. The van der Waals surface area contributed by atoms with E-state index in [9.17, 15) is 8.42 Å². The summed E-state index contributed by atoms with van der Waals surface area (Å²) >= 11 is 1.62. The zero-order chi connectivity index (χ0) is 15.3. The van der Waals surface area contributed by atoms with Gasteiger partial charge >= 0.3 is 0 Å². The van der Waals surface area contributed by atoms with E-state index in [2.05, 4.69) is 15.5 Å². The molecule has 2 rings (SSSR count). The number of aryl methyl sites for hydroxylation is 1. The van der Waals surface area contributed by atoms with Crippen molar-refractivity contribution in [3.05, 3.63) is 0 Å². The lowest BCUT2D eigenvalue weighted by Crippen LogP contribution is -2.40. The third kappa shape index (κ3) is 4.63. The smallest absolute Gasteiger partial charge is 0.214 e. The summed E-state index contributed by atoms with van der Waals surface area (Å²) in [5.74, 6) is 0.159. The van der Waals surface area contributed by atoms with Crippen LogP contribution < -0.4 is 0 Å². The molecule has 0 radical (unpaired) electrons. The number of sulfonamides is 1. The van der Waals surface area contributed by atoms with E-state index >= 15 is 0 Å². The van der Waals surface area contributed by atoms with Crippen LogP contribution in [0.1, 0.15) is 19.3 Å². The molecule has 0 aromatic carbocycles. The molecule has 2 heterocycles. The van der Waals surface area contributed by atoms with E-state index in [1.807, 2.05) is 0 Å². The molecule has 0 unspecified atom stereocenters. The summed E-state index contributed by atoms with van der Waals surface area (Å²) < 4.78 is 32.5. The van der Waals surface area contributed by atoms with Gasteiger partial charge in [-0.15, -0.1) is 5.10 Å². The van der Waals surface area contributed by atoms with Gasteiger partial charge in [0.05, 0.1) is 5.75 Å². The van der Waals surface area contributed by atoms with E-state index < -0.39 is 10.0 Å². The van der Waals surface area contributed by atoms with E-state index in [1.54, 1.807) is 34.9 Å². The third-order valence-corrected chi connectivity index (χ3v) is 6.72. The first-order valence-corrected chi connectivity index (χ1v) is 9.37. The molecule has 1 aromatic heterocycles. The number of nitrogens with zero attached hydrogens (tertiary/aromatic N) is 5. The first kappa shape index (κ1) is 16.7. The van der Waals surface area contributed by atoms with Crippen LogP contribution >= 0.6 is 11.8 Å². The van der Waals surface area contributed by atoms with Gasteiger partial charge in [-0.3, -0.25) is 0 Å². The molecule has 0 amide bonds. The minimum absolute atomic E-state index is 0.159. The van der Waals surface area contributed by atoms with Gasteiger partial charge in [-0.1, -0.05) is 11.8 Å². The van der Waals surface area contributed by atoms with Crippen molar-refractivity contribution < 1.29 is 13.2 Å². The van der Waals surface area contributed by atoms with E-state index in [4.69, 9.17) is 4.74 Å². The maximum Gasteiger partial charge on any atom is 0.214 e. The number of thioether (sulfide) groups is 1. The molecule has 21 heavy (non-hydrogen) atoms. The third-order valence-electron chi connectivity index (χ3n) is 3.40. The molecule has 120 valence electrons. The molecule has 1 aliphatic rings. The molecule has 0 spiro atoms. The van der Waals surface area contributed by atoms with E-state index in [1.165, 1.54) is 0 Å². The van der Waals surface area contributed by atoms with Crippen LogP contribution in [0.5, 0.6) is 0 Å². The van der Waals surface area contributed by atoms with Crippen LogP contribution in [-0.4, -0.2) is 70.7 Å². The molecule has 0 aliphatic carbocycles. The van der Waals surface area contributed by atoms with Gasteiger partial charge in [0.1, 0.15) is 0 Å². The topological polar surface area (TPSA) is 90.2 Å². The Kier molecular flexibility index (Phi) is 5.97. The zero-order valence-corrected chi connectivity index (χ0v) is 13.9. The predicted molar refractivity (Wildman–Crippen MR) is 79.5 cm³/mol. The number of hydrogen-bond donors (Lipinski definition) is 0. The zero-order valence-electron chi connectivity index (χ0n) is 12.3. The first-order valence-electron chi connectivity index (χ1n) is 6.88. The van der Waals surface area contributed by atoms with Crippen molar-refractivity contribution in [3.63, 3.8) is 0 Å². The number of rotatable bonds is 7. The highest BCUT2D eigenvalue weighted by atomic mass is 32.2. The Morgan fingerprint density at radius 1 is 1.38 bits per heavy atom. The van der Waals surface area contributed by atoms with Crippen molar-refractivity contribution in [2.75, 3.05) is 32.6 Å². The summed E-state index contributed by atoms with van der Waals surface area (Å²) in [7, 11) is 0.233. The fourth-order valence-electron chi connectivity index (χ4n) is 2.21. The fraction of sp³-hybridized carbons (Fsp3) is 0.909. The van der Waals surface area contributed by atoms with Crippen molar-refractivity contribution in [2.45, 2.75) is 29.7 Å². The second-order valence-electron chi connectivity index (χ2n) is 4.96. The van der Waals surface area contributed by atoms with E-state index in [0.717, 1.165) is 18.0 Å². The summed E-state index contributed by atoms with van der Waals surface area (Å²) in [5, 5.41) is 12.5. The number of methoxy groups -OCH3 is 1. The highest BCUT2D eigenvalue weighted by molar-refractivity contribution is 7.99. The van der Waals surface area contributed by atoms with Gasteiger partial charge in [-0.25, -0.2) is 17.4 Å². The largest absolute Gasteiger partial charge is 0.385 e. The van der Waals surface area contributed by atoms with Gasteiger partial charge in [0, 0.05) is 39.1 Å². The van der Waals surface area contributed by atoms with Gasteiger partial charge < -0.3 is 4.74 Å². The first-order chi connectivity index (χ1) is 10.0. The van der Waals surface area contributed by atoms with Crippen LogP contribution in [0.4, 0.5) is 0 Å². The molecule has 0 saturated carbocycles. The Morgan fingerprint density at radius 2 is 2.10 bits per heavy atom. The van der Waals surface area contributed by atoms with Gasteiger partial charge in [0.15, 0.2) is 0 Å². The highest BCUT2D eigenvalue weighted by Crippen LogP contribution is 2.29. The lowest BCUT2D eigenvalue weighted by atomic mass is 10.2. The molecule has 1 aliphatic heterocycles. The lowest BCUT2D eigenvalue weighted by Gasteiger charge is -2.30. The SMILES string of the molecule is COCCCS(=O)(=O)N1CCC(Sc2nnnn2C)CC1. The molecular formula is C11H21N5O3S2. The van der Waals surface area contributed by atoms with Crippen molar-refractivity contribution in [1.82, 2.24) is 24.5 Å². The molecule has 0 N–H and O–H groups in total. The van der Waals surface area contributed by atoms with Crippen molar-refractivity contribution in [3.8, 4) is 0 Å². The monoisotopic (exact) mass is 335 g/mol. The minimum atomic E-state index is -3.15. The number of ether oxygens (including phenoxy) is 1. The minimum Gasteiger partial charge on any atom is -0.385 e. The Labute approximate surface area is 129 Å². The van der Waals surface area contributed by atoms with Crippen LogP contribution in [0.25, 0.3) is 0 Å². The molecule has 0 atom stereocenters. The molecule has 1 saturated heterocycles. The van der Waals surface area contributed by atoms with Crippen LogP contribution in [0.15, 0.2) is 5.16 Å². The average molecular weight is 335 g/mol. The Hall–Kier alpha value is -0.710. The van der Waals surface area contributed by atoms with Crippen molar-refractivity contribution >= 4 is 21.8 Å². The quantitative estimate of drug-likeness (QED) is 0.654. The van der Waals surface area contributed by atoms with Crippen LogP contribution in [0.2, 0.25) is 0 Å². The molecule has 1 fully saturated rings. The van der Waals surface area contributed by atoms with Gasteiger partial charge in [0.25, 0.3) is 0 Å². The second-order valence-corrected chi connectivity index (χ2v) is 8.32. The molecule has 0 bridgehead atoms. The normalized spacial score (nSPS) is 18.2. The summed E-state index contributed by atoms with van der Waals surface area (Å²) in [5.41, 5.74) is 0. The van der Waals surface area contributed by atoms with E-state index in [-0.39, 0.29) is 5.75 Å².